The van der Waals surface area contributed by atoms with Crippen molar-refractivity contribution in [2.24, 2.45) is 13.0 Å². The number of para-hydroxylation sites is 1. The first-order valence-electron chi connectivity index (χ1n) is 14.0. The number of hydrogen-bond donors (Lipinski definition) is 3. The predicted molar refractivity (Wildman–Crippen MR) is 153 cm³/mol. The highest BCUT2D eigenvalue weighted by Crippen LogP contribution is 2.37. The largest absolute Gasteiger partial charge is 0.477 e. The van der Waals surface area contributed by atoms with Crippen molar-refractivity contribution in [1.82, 2.24) is 25.1 Å². The Morgan fingerprint density at radius 3 is 2.33 bits per heavy atom. The minimum atomic E-state index is -4.99. The number of nitrogens with zero attached hydrogens (tertiary/aromatic N) is 3. The Kier molecular flexibility index (Phi) is 9.80. The van der Waals surface area contributed by atoms with Crippen LogP contribution in [0.15, 0.2) is 30.5 Å². The molecule has 1 aromatic carbocycles. The lowest BCUT2D eigenvalue weighted by Gasteiger charge is -2.27. The highest BCUT2D eigenvalue weighted by molar-refractivity contribution is 7.13. The number of benzene rings is 1. The maximum absolute atomic E-state index is 13.7. The predicted octanol–water partition coefficient (Wildman–Crippen LogP) is 5.75. The number of aryl methyl sites for hydroxylation is 1. The number of fused-ring (bicyclic) bond motifs is 1. The molecule has 3 aromatic rings. The molecule has 4 rings (SSSR count). The quantitative estimate of drug-likeness (QED) is 0.286. The molecule has 1 fully saturated rings. The number of carbonyl (C=O) groups excluding carboxylic acids is 2. The minimum absolute atomic E-state index is 0.0250. The monoisotopic (exact) mass is 607 g/mol. The minimum Gasteiger partial charge on any atom is -0.477 e. The third kappa shape index (κ3) is 7.42. The van der Waals surface area contributed by atoms with Crippen molar-refractivity contribution in [2.75, 3.05) is 13.1 Å². The van der Waals surface area contributed by atoms with Gasteiger partial charge < -0.3 is 25.2 Å². The van der Waals surface area contributed by atoms with E-state index in [-0.39, 0.29) is 23.4 Å². The van der Waals surface area contributed by atoms with Crippen LogP contribution in [0.2, 0.25) is 0 Å². The van der Waals surface area contributed by atoms with Crippen LogP contribution in [0.25, 0.3) is 10.9 Å². The Balaban J connectivity index is 1.68. The van der Waals surface area contributed by atoms with Gasteiger partial charge in [0.15, 0.2) is 5.69 Å². The van der Waals surface area contributed by atoms with Crippen molar-refractivity contribution in [2.45, 2.75) is 70.6 Å². The smallest absolute Gasteiger partial charge is 0.435 e. The zero-order chi connectivity index (χ0) is 30.6. The molecule has 0 aliphatic carbocycles. The van der Waals surface area contributed by atoms with E-state index in [0.717, 1.165) is 42.1 Å². The Bertz CT molecular complexity index is 1430. The standard InChI is InChI=1S/C29H36F3N5O4S/c1-17(2)14-20(34-28(41)37-12-8-4-5-9-13-37)25(38)33-21(15-18-16-36(3)22-11-7-6-10-19(18)22)26-35-24(29(30,31)32)23(42-26)27(39)40/h6-7,10-11,16-17,20-21H,4-5,8-9,12-15H2,1-3H3,(H,33,38)(H,34,41)(H,39,40)/t20-,21+/m0/s1. The topological polar surface area (TPSA) is 117 Å². The van der Waals surface area contributed by atoms with E-state index in [1.807, 2.05) is 55.9 Å². The van der Waals surface area contributed by atoms with Crippen LogP contribution in [-0.4, -0.2) is 56.6 Å². The van der Waals surface area contributed by atoms with Crippen LogP contribution >= 0.6 is 11.3 Å². The Morgan fingerprint density at radius 2 is 1.74 bits per heavy atom. The molecule has 3 amide bonds. The number of carboxylic acids is 1. The highest BCUT2D eigenvalue weighted by Gasteiger charge is 2.41. The van der Waals surface area contributed by atoms with Gasteiger partial charge in [-0.05, 0) is 36.8 Å². The van der Waals surface area contributed by atoms with Crippen molar-refractivity contribution in [3.8, 4) is 0 Å². The number of carbonyl (C=O) groups is 3. The first kappa shape index (κ1) is 31.3. The molecule has 228 valence electrons. The molecular formula is C29H36F3N5O4S. The van der Waals surface area contributed by atoms with Crippen LogP contribution in [0.4, 0.5) is 18.0 Å². The summed E-state index contributed by atoms with van der Waals surface area (Å²) in [4.78, 5) is 43.0. The van der Waals surface area contributed by atoms with E-state index in [0.29, 0.717) is 30.8 Å². The molecule has 1 saturated heterocycles. The van der Waals surface area contributed by atoms with Crippen molar-refractivity contribution < 1.29 is 32.7 Å². The van der Waals surface area contributed by atoms with E-state index in [9.17, 15) is 32.7 Å². The molecule has 2 aromatic heterocycles. The van der Waals surface area contributed by atoms with Crippen molar-refractivity contribution >= 4 is 40.1 Å². The van der Waals surface area contributed by atoms with Crippen LogP contribution in [0.3, 0.4) is 0 Å². The number of nitrogens with one attached hydrogen (secondary N) is 2. The van der Waals surface area contributed by atoms with Gasteiger partial charge in [-0.3, -0.25) is 4.79 Å². The molecule has 3 N–H and O–H groups in total. The molecule has 3 heterocycles. The van der Waals surface area contributed by atoms with Gasteiger partial charge in [0.1, 0.15) is 15.9 Å². The van der Waals surface area contributed by atoms with Crippen LogP contribution < -0.4 is 10.6 Å². The van der Waals surface area contributed by atoms with Crippen LogP contribution in [0.1, 0.15) is 77.9 Å². The second kappa shape index (κ2) is 13.1. The summed E-state index contributed by atoms with van der Waals surface area (Å²) < 4.78 is 43.1. The maximum atomic E-state index is 13.7. The summed E-state index contributed by atoms with van der Waals surface area (Å²) >= 11 is 0.393. The summed E-state index contributed by atoms with van der Waals surface area (Å²) in [6, 6.07) is 5.10. The molecule has 1 aliphatic rings. The summed E-state index contributed by atoms with van der Waals surface area (Å²) in [5.41, 5.74) is 0.134. The van der Waals surface area contributed by atoms with Gasteiger partial charge in [-0.15, -0.1) is 11.3 Å². The molecule has 0 spiro atoms. The molecule has 0 radical (unpaired) electrons. The summed E-state index contributed by atoms with van der Waals surface area (Å²) in [5, 5.41) is 15.8. The number of rotatable bonds is 9. The van der Waals surface area contributed by atoms with E-state index in [1.165, 1.54) is 0 Å². The van der Waals surface area contributed by atoms with Crippen molar-refractivity contribution in [1.29, 1.82) is 0 Å². The number of aromatic carboxylic acids is 1. The van der Waals surface area contributed by atoms with Crippen molar-refractivity contribution in [3.63, 3.8) is 0 Å². The average Bonchev–Trinajstić information content (AvgIpc) is 3.39. The number of hydrogen-bond acceptors (Lipinski definition) is 5. The van der Waals surface area contributed by atoms with Gasteiger partial charge >= 0.3 is 18.2 Å². The van der Waals surface area contributed by atoms with Gasteiger partial charge in [0.05, 0.1) is 6.04 Å². The summed E-state index contributed by atoms with van der Waals surface area (Å²) in [5.74, 6) is -2.29. The van der Waals surface area contributed by atoms with Gasteiger partial charge in [0.25, 0.3) is 0 Å². The van der Waals surface area contributed by atoms with Gasteiger partial charge in [0, 0.05) is 43.7 Å². The molecule has 2 atom stereocenters. The second-order valence-electron chi connectivity index (χ2n) is 11.1. The Morgan fingerprint density at radius 1 is 1.07 bits per heavy atom. The van der Waals surface area contributed by atoms with E-state index in [4.69, 9.17) is 0 Å². The zero-order valence-electron chi connectivity index (χ0n) is 23.8. The molecule has 0 saturated carbocycles. The summed E-state index contributed by atoms with van der Waals surface area (Å²) in [6.07, 6.45) is 1.01. The number of likely N-dealkylation sites (tertiary alicyclic amines) is 1. The van der Waals surface area contributed by atoms with Crippen LogP contribution in [-0.2, 0) is 24.4 Å². The first-order valence-corrected chi connectivity index (χ1v) is 14.9. The fourth-order valence-corrected chi connectivity index (χ4v) is 6.30. The lowest BCUT2D eigenvalue weighted by atomic mass is 10.0. The SMILES string of the molecule is CC(C)C[C@H](NC(=O)N1CCCCCC1)C(=O)N[C@H](Cc1cn(C)c2ccccc12)c1nc(C(F)(F)F)c(C(=O)O)s1. The highest BCUT2D eigenvalue weighted by atomic mass is 32.1. The second-order valence-corrected chi connectivity index (χ2v) is 12.1. The Labute approximate surface area is 246 Å². The summed E-state index contributed by atoms with van der Waals surface area (Å²) in [6.45, 7) is 4.98. The number of urea groups is 1. The lowest BCUT2D eigenvalue weighted by molar-refractivity contribution is -0.141. The molecule has 9 nitrogen and oxygen atoms in total. The number of amides is 3. The molecule has 0 unspecified atom stereocenters. The fraction of sp³-hybridized carbons (Fsp3) is 0.517. The van der Waals surface area contributed by atoms with E-state index in [2.05, 4.69) is 15.6 Å². The Hall–Kier alpha value is -3.61. The molecular weight excluding hydrogens is 571 g/mol. The number of halogens is 3. The first-order chi connectivity index (χ1) is 19.8. The number of aromatic nitrogens is 2. The van der Waals surface area contributed by atoms with Crippen LogP contribution in [0, 0.1) is 5.92 Å². The maximum Gasteiger partial charge on any atom is 0.435 e. The third-order valence-electron chi connectivity index (χ3n) is 7.34. The molecule has 42 heavy (non-hydrogen) atoms. The zero-order valence-corrected chi connectivity index (χ0v) is 24.6. The number of alkyl halides is 3. The van der Waals surface area contributed by atoms with Gasteiger partial charge in [0.2, 0.25) is 5.91 Å². The van der Waals surface area contributed by atoms with Gasteiger partial charge in [-0.2, -0.15) is 13.2 Å². The third-order valence-corrected chi connectivity index (χ3v) is 8.50. The molecule has 0 bridgehead atoms. The molecule has 13 heteroatoms. The van der Waals surface area contributed by atoms with E-state index < -0.39 is 40.7 Å². The van der Waals surface area contributed by atoms with E-state index >= 15 is 0 Å². The fourth-order valence-electron chi connectivity index (χ4n) is 5.32. The normalized spacial score (nSPS) is 15.8. The van der Waals surface area contributed by atoms with Crippen molar-refractivity contribution in [3.05, 3.63) is 51.6 Å². The summed E-state index contributed by atoms with van der Waals surface area (Å²) in [7, 11) is 1.84. The van der Waals surface area contributed by atoms with Crippen LogP contribution in [0.5, 0.6) is 0 Å². The lowest BCUT2D eigenvalue weighted by Crippen LogP contribution is -2.52. The number of carboxylic acid groups (broad SMARTS) is 1. The average molecular weight is 608 g/mol. The van der Waals surface area contributed by atoms with Gasteiger partial charge in [-0.25, -0.2) is 14.6 Å². The van der Waals surface area contributed by atoms with Gasteiger partial charge in [-0.1, -0.05) is 44.9 Å². The van der Waals surface area contributed by atoms with E-state index in [1.54, 1.807) is 4.90 Å². The molecule has 1 aliphatic heterocycles. The number of thiazole rings is 1.